The van der Waals surface area contributed by atoms with E-state index in [4.69, 9.17) is 5.21 Å². The summed E-state index contributed by atoms with van der Waals surface area (Å²) in [6.45, 7) is 2.61. The Hall–Kier alpha value is -1.98. The minimum Gasteiger partial charge on any atom is -0.411 e. The first-order valence-electron chi connectivity index (χ1n) is 6.52. The van der Waals surface area contributed by atoms with Crippen LogP contribution in [0.1, 0.15) is 30.1 Å². The average Bonchev–Trinajstić information content (AvgIpc) is 2.48. The van der Waals surface area contributed by atoms with Gasteiger partial charge in [-0.25, -0.2) is 8.78 Å². The molecule has 0 aliphatic carbocycles. The van der Waals surface area contributed by atoms with Crippen molar-refractivity contribution >= 4 is 11.6 Å². The molecule has 1 N–H and O–H groups in total. The van der Waals surface area contributed by atoms with E-state index in [1.807, 2.05) is 6.92 Å². The molecule has 0 aromatic heterocycles. The average molecular weight is 282 g/mol. The SMILES string of the molecule is CCC1CN(C(=O)c2cc(F)ccc2F)CC/C1=N\O. The first kappa shape index (κ1) is 14.4. The van der Waals surface area contributed by atoms with Gasteiger partial charge in [0.15, 0.2) is 0 Å². The summed E-state index contributed by atoms with van der Waals surface area (Å²) in [5, 5.41) is 12.1. The highest BCUT2D eigenvalue weighted by Gasteiger charge is 2.29. The number of amides is 1. The number of hydrogen-bond acceptors (Lipinski definition) is 3. The van der Waals surface area contributed by atoms with E-state index in [-0.39, 0.29) is 11.5 Å². The van der Waals surface area contributed by atoms with E-state index in [1.165, 1.54) is 4.90 Å². The van der Waals surface area contributed by atoms with E-state index in [9.17, 15) is 13.6 Å². The summed E-state index contributed by atoms with van der Waals surface area (Å²) in [7, 11) is 0. The Morgan fingerprint density at radius 3 is 2.90 bits per heavy atom. The van der Waals surface area contributed by atoms with Crippen molar-refractivity contribution in [2.24, 2.45) is 11.1 Å². The van der Waals surface area contributed by atoms with Crippen molar-refractivity contribution in [3.05, 3.63) is 35.4 Å². The highest BCUT2D eigenvalue weighted by atomic mass is 19.1. The summed E-state index contributed by atoms with van der Waals surface area (Å²) in [5.41, 5.74) is 0.389. The minimum absolute atomic E-state index is 0.0469. The molecule has 1 fully saturated rings. The highest BCUT2D eigenvalue weighted by Crippen LogP contribution is 2.20. The standard InChI is InChI=1S/C14H16F2N2O2/c1-2-9-8-18(6-5-13(9)17-20)14(19)11-7-10(15)3-4-12(11)16/h3-4,7,9,20H,2,5-6,8H2,1H3/b17-13+. The number of rotatable bonds is 2. The van der Waals surface area contributed by atoms with Gasteiger partial charge in [0, 0.05) is 25.4 Å². The molecule has 1 aliphatic heterocycles. The maximum atomic E-state index is 13.6. The fraction of sp³-hybridized carbons (Fsp3) is 0.429. The molecule has 1 saturated heterocycles. The number of benzene rings is 1. The van der Waals surface area contributed by atoms with Crippen LogP contribution in [0.2, 0.25) is 0 Å². The Kier molecular flexibility index (Phi) is 4.32. The summed E-state index contributed by atoms with van der Waals surface area (Å²) in [6, 6.07) is 2.84. The molecule has 6 heteroatoms. The van der Waals surface area contributed by atoms with Gasteiger partial charge in [-0.2, -0.15) is 0 Å². The van der Waals surface area contributed by atoms with Gasteiger partial charge in [-0.1, -0.05) is 12.1 Å². The maximum Gasteiger partial charge on any atom is 0.256 e. The van der Waals surface area contributed by atoms with Crippen LogP contribution in [0.25, 0.3) is 0 Å². The van der Waals surface area contributed by atoms with Gasteiger partial charge in [0.05, 0.1) is 11.3 Å². The van der Waals surface area contributed by atoms with Crippen molar-refractivity contribution in [3.8, 4) is 0 Å². The zero-order valence-electron chi connectivity index (χ0n) is 11.1. The molecule has 4 nitrogen and oxygen atoms in total. The third-order valence-electron chi connectivity index (χ3n) is 3.62. The van der Waals surface area contributed by atoms with Crippen molar-refractivity contribution < 1.29 is 18.8 Å². The zero-order chi connectivity index (χ0) is 14.7. The van der Waals surface area contributed by atoms with E-state index in [0.717, 1.165) is 24.6 Å². The molecule has 1 unspecified atom stereocenters. The van der Waals surface area contributed by atoms with Crippen molar-refractivity contribution in [1.82, 2.24) is 4.90 Å². The van der Waals surface area contributed by atoms with Gasteiger partial charge >= 0.3 is 0 Å². The quantitative estimate of drug-likeness (QED) is 0.669. The molecule has 0 radical (unpaired) electrons. The third-order valence-corrected chi connectivity index (χ3v) is 3.62. The van der Waals surface area contributed by atoms with Gasteiger partial charge in [-0.15, -0.1) is 0 Å². The number of likely N-dealkylation sites (tertiary alicyclic amines) is 1. The van der Waals surface area contributed by atoms with Gasteiger partial charge in [0.2, 0.25) is 0 Å². The number of halogens is 2. The molecule has 1 aromatic rings. The molecule has 1 heterocycles. The van der Waals surface area contributed by atoms with Crippen LogP contribution in [-0.2, 0) is 0 Å². The van der Waals surface area contributed by atoms with E-state index >= 15 is 0 Å². The largest absolute Gasteiger partial charge is 0.411 e. The lowest BCUT2D eigenvalue weighted by molar-refractivity contribution is 0.0723. The minimum atomic E-state index is -0.730. The lowest BCUT2D eigenvalue weighted by Gasteiger charge is -2.33. The molecule has 1 atom stereocenters. The topological polar surface area (TPSA) is 52.9 Å². The summed E-state index contributed by atoms with van der Waals surface area (Å²) >= 11 is 0. The van der Waals surface area contributed by atoms with Gasteiger partial charge in [-0.05, 0) is 24.6 Å². The van der Waals surface area contributed by atoms with Crippen molar-refractivity contribution in [3.63, 3.8) is 0 Å². The summed E-state index contributed by atoms with van der Waals surface area (Å²) < 4.78 is 26.8. The molecule has 0 bridgehead atoms. The molecule has 1 aromatic carbocycles. The summed E-state index contributed by atoms with van der Waals surface area (Å²) in [5.74, 6) is -1.95. The lowest BCUT2D eigenvalue weighted by Crippen LogP contribution is -2.44. The molecule has 1 aliphatic rings. The van der Waals surface area contributed by atoms with Gasteiger partial charge in [0.1, 0.15) is 11.6 Å². The predicted octanol–water partition coefficient (Wildman–Crippen LogP) is 2.67. The Morgan fingerprint density at radius 1 is 1.50 bits per heavy atom. The molecule has 2 rings (SSSR count). The molecule has 0 saturated carbocycles. The Morgan fingerprint density at radius 2 is 2.25 bits per heavy atom. The van der Waals surface area contributed by atoms with Gasteiger partial charge in [0.25, 0.3) is 5.91 Å². The Bertz CT molecular complexity index is 546. The second-order valence-electron chi connectivity index (χ2n) is 4.82. The molecule has 20 heavy (non-hydrogen) atoms. The van der Waals surface area contributed by atoms with E-state index in [2.05, 4.69) is 5.16 Å². The van der Waals surface area contributed by atoms with E-state index in [1.54, 1.807) is 0 Å². The summed E-state index contributed by atoms with van der Waals surface area (Å²) in [4.78, 5) is 13.7. The fourth-order valence-corrected chi connectivity index (χ4v) is 2.43. The molecule has 1 amide bonds. The third kappa shape index (κ3) is 2.79. The maximum absolute atomic E-state index is 13.6. The van der Waals surface area contributed by atoms with Crippen LogP contribution < -0.4 is 0 Å². The first-order chi connectivity index (χ1) is 9.56. The van der Waals surface area contributed by atoms with Crippen LogP contribution in [0.5, 0.6) is 0 Å². The number of nitrogens with zero attached hydrogens (tertiary/aromatic N) is 2. The van der Waals surface area contributed by atoms with Crippen LogP contribution in [-0.4, -0.2) is 34.8 Å². The molecular weight excluding hydrogens is 266 g/mol. The monoisotopic (exact) mass is 282 g/mol. The zero-order valence-corrected chi connectivity index (χ0v) is 11.1. The van der Waals surface area contributed by atoms with Crippen molar-refractivity contribution in [1.29, 1.82) is 0 Å². The Balaban J connectivity index is 2.20. The number of piperidine rings is 1. The number of carbonyl (C=O) groups excluding carboxylic acids is 1. The second-order valence-corrected chi connectivity index (χ2v) is 4.82. The van der Waals surface area contributed by atoms with Crippen molar-refractivity contribution in [2.75, 3.05) is 13.1 Å². The Labute approximate surface area is 115 Å². The molecular formula is C14H16F2N2O2. The number of hydrogen-bond donors (Lipinski definition) is 1. The normalized spacial score (nSPS) is 21.2. The molecule has 0 spiro atoms. The summed E-state index contributed by atoms with van der Waals surface area (Å²) in [6.07, 6.45) is 1.16. The van der Waals surface area contributed by atoms with E-state index in [0.29, 0.717) is 25.2 Å². The number of carbonyl (C=O) groups is 1. The molecule has 108 valence electrons. The fourth-order valence-electron chi connectivity index (χ4n) is 2.43. The van der Waals surface area contributed by atoms with E-state index < -0.39 is 17.5 Å². The smallest absolute Gasteiger partial charge is 0.256 e. The predicted molar refractivity (Wildman–Crippen MR) is 69.9 cm³/mol. The first-order valence-corrected chi connectivity index (χ1v) is 6.52. The lowest BCUT2D eigenvalue weighted by atomic mass is 9.93. The highest BCUT2D eigenvalue weighted by molar-refractivity contribution is 5.96. The van der Waals surface area contributed by atoms with Crippen LogP contribution in [0.3, 0.4) is 0 Å². The van der Waals surface area contributed by atoms with Crippen molar-refractivity contribution in [2.45, 2.75) is 19.8 Å². The van der Waals surface area contributed by atoms with Gasteiger partial charge in [-0.3, -0.25) is 4.79 Å². The van der Waals surface area contributed by atoms with Crippen LogP contribution >= 0.6 is 0 Å². The van der Waals surface area contributed by atoms with Crippen LogP contribution in [0.4, 0.5) is 8.78 Å². The number of oxime groups is 1. The second kappa shape index (κ2) is 5.98. The van der Waals surface area contributed by atoms with Gasteiger partial charge < -0.3 is 10.1 Å². The van der Waals surface area contributed by atoms with Crippen LogP contribution in [0, 0.1) is 17.6 Å². The van der Waals surface area contributed by atoms with Crippen LogP contribution in [0.15, 0.2) is 23.4 Å².